The van der Waals surface area contributed by atoms with Crippen molar-refractivity contribution in [1.29, 1.82) is 0 Å². The first-order valence-corrected chi connectivity index (χ1v) is 8.95. The van der Waals surface area contributed by atoms with Gasteiger partial charge in [0.2, 0.25) is 5.91 Å². The van der Waals surface area contributed by atoms with Crippen LogP contribution < -0.4 is 14.9 Å². The monoisotopic (exact) mass is 354 g/mol. The van der Waals surface area contributed by atoms with Crippen LogP contribution in [-0.4, -0.2) is 32.3 Å². The lowest BCUT2D eigenvalue weighted by Crippen LogP contribution is -2.43. The number of nitrogens with one attached hydrogen (secondary N) is 2. The Bertz CT molecular complexity index is 490. The van der Waals surface area contributed by atoms with Gasteiger partial charge in [-0.05, 0) is 48.2 Å². The highest BCUT2D eigenvalue weighted by atomic mass is 35.5. The normalized spacial score (nSPS) is 16.6. The van der Waals surface area contributed by atoms with Crippen molar-refractivity contribution in [2.75, 3.05) is 20.3 Å². The van der Waals surface area contributed by atoms with Gasteiger partial charge in [0.05, 0.1) is 13.7 Å². The van der Waals surface area contributed by atoms with E-state index in [2.05, 4.69) is 10.2 Å². The van der Waals surface area contributed by atoms with Crippen molar-refractivity contribution in [2.24, 2.45) is 5.92 Å². The van der Waals surface area contributed by atoms with Crippen LogP contribution in [-0.2, 0) is 16.1 Å². The minimum absolute atomic E-state index is 0.163. The number of hydrogen-bond acceptors (Lipinski definition) is 4. The summed E-state index contributed by atoms with van der Waals surface area (Å²) in [7, 11) is 1.63. The molecule has 1 aromatic rings. The number of ether oxygens (including phenoxy) is 2. The third-order valence-corrected chi connectivity index (χ3v) is 4.70. The second-order valence-electron chi connectivity index (χ2n) is 6.27. The topological polar surface area (TPSA) is 59.6 Å². The maximum atomic E-state index is 12.2. The van der Waals surface area contributed by atoms with Crippen LogP contribution in [0, 0.1) is 5.92 Å². The molecule has 5 nitrogen and oxygen atoms in total. The highest BCUT2D eigenvalue weighted by Crippen LogP contribution is 2.23. The summed E-state index contributed by atoms with van der Waals surface area (Å²) in [6.07, 6.45) is 6.35. The molecular weight excluding hydrogens is 328 g/mol. The Morgan fingerprint density at radius 2 is 1.96 bits per heavy atom. The zero-order valence-corrected chi connectivity index (χ0v) is 15.0. The van der Waals surface area contributed by atoms with Gasteiger partial charge in [0, 0.05) is 13.2 Å². The fourth-order valence-electron chi connectivity index (χ4n) is 2.92. The van der Waals surface area contributed by atoms with Crippen molar-refractivity contribution >= 4 is 17.7 Å². The van der Waals surface area contributed by atoms with Crippen LogP contribution in [0.2, 0.25) is 0 Å². The van der Waals surface area contributed by atoms with E-state index in [4.69, 9.17) is 21.3 Å². The van der Waals surface area contributed by atoms with Crippen molar-refractivity contribution in [3.63, 3.8) is 0 Å². The molecule has 1 aromatic carbocycles. The van der Waals surface area contributed by atoms with E-state index in [0.717, 1.165) is 11.3 Å². The van der Waals surface area contributed by atoms with Gasteiger partial charge in [-0.25, -0.2) is 4.84 Å². The van der Waals surface area contributed by atoms with E-state index in [1.165, 1.54) is 32.1 Å². The van der Waals surface area contributed by atoms with Gasteiger partial charge in [-0.15, -0.1) is 0 Å². The van der Waals surface area contributed by atoms with Gasteiger partial charge in [0.15, 0.2) is 0 Å². The predicted molar refractivity (Wildman–Crippen MR) is 95.0 cm³/mol. The lowest BCUT2D eigenvalue weighted by molar-refractivity contribution is -0.124. The molecule has 0 unspecified atom stereocenters. The Morgan fingerprint density at radius 1 is 1.25 bits per heavy atom. The van der Waals surface area contributed by atoms with Crippen LogP contribution in [0.25, 0.3) is 0 Å². The fourth-order valence-corrected chi connectivity index (χ4v) is 3.08. The summed E-state index contributed by atoms with van der Waals surface area (Å²) >= 11 is 5.70. The highest BCUT2D eigenvalue weighted by molar-refractivity contribution is 6.15. The quantitative estimate of drug-likeness (QED) is 0.669. The van der Waals surface area contributed by atoms with Crippen molar-refractivity contribution in [2.45, 2.75) is 44.7 Å². The zero-order chi connectivity index (χ0) is 17.2. The van der Waals surface area contributed by atoms with E-state index in [-0.39, 0.29) is 12.5 Å². The Hall–Kier alpha value is -1.30. The number of amides is 1. The minimum Gasteiger partial charge on any atom is -0.497 e. The highest BCUT2D eigenvalue weighted by Gasteiger charge is 2.19. The molecule has 0 aliphatic heterocycles. The third kappa shape index (κ3) is 6.30. The Kier molecular flexibility index (Phi) is 8.36. The summed E-state index contributed by atoms with van der Waals surface area (Å²) in [5.74, 6) is 1.25. The van der Waals surface area contributed by atoms with Crippen LogP contribution in [0.3, 0.4) is 0 Å². The van der Waals surface area contributed by atoms with Gasteiger partial charge < -0.3 is 14.8 Å². The smallest absolute Gasteiger partial charge is 0.241 e. The van der Waals surface area contributed by atoms with Crippen molar-refractivity contribution < 1.29 is 14.3 Å². The lowest BCUT2D eigenvalue weighted by Gasteiger charge is -2.22. The number of methoxy groups -OCH3 is 1. The fraction of sp³-hybridized carbons (Fsp3) is 0.611. The Balaban J connectivity index is 1.69. The molecule has 0 spiro atoms. The molecule has 0 heterocycles. The van der Waals surface area contributed by atoms with Gasteiger partial charge in [-0.2, -0.15) is 0 Å². The van der Waals surface area contributed by atoms with Crippen LogP contribution in [0.4, 0.5) is 0 Å². The zero-order valence-electron chi connectivity index (χ0n) is 14.2. The molecule has 1 atom stereocenters. The van der Waals surface area contributed by atoms with Gasteiger partial charge in [0.25, 0.3) is 0 Å². The first-order chi connectivity index (χ1) is 11.7. The maximum Gasteiger partial charge on any atom is 0.241 e. The van der Waals surface area contributed by atoms with E-state index in [9.17, 15) is 4.79 Å². The molecule has 1 aliphatic carbocycles. The molecular formula is C18H27ClN2O3. The molecule has 1 fully saturated rings. The molecule has 1 amide bonds. The van der Waals surface area contributed by atoms with Crippen molar-refractivity contribution in [3.05, 3.63) is 29.8 Å². The number of carbonyl (C=O) groups excluding carboxylic acids is 1. The number of rotatable bonds is 9. The summed E-state index contributed by atoms with van der Waals surface area (Å²) < 4.78 is 10.8. The van der Waals surface area contributed by atoms with Crippen LogP contribution in [0.1, 0.15) is 37.7 Å². The summed E-state index contributed by atoms with van der Waals surface area (Å²) in [4.78, 5) is 14.7. The first kappa shape index (κ1) is 19.0. The minimum atomic E-state index is -0.548. The van der Waals surface area contributed by atoms with Crippen LogP contribution >= 0.6 is 11.8 Å². The van der Waals surface area contributed by atoms with Crippen LogP contribution in [0.5, 0.6) is 5.75 Å². The molecule has 2 rings (SSSR count). The number of carbonyl (C=O) groups is 1. The largest absolute Gasteiger partial charge is 0.497 e. The van der Waals surface area contributed by atoms with E-state index >= 15 is 0 Å². The van der Waals surface area contributed by atoms with Crippen LogP contribution in [0.15, 0.2) is 24.3 Å². The summed E-state index contributed by atoms with van der Waals surface area (Å²) in [6.45, 7) is 1.44. The summed E-state index contributed by atoms with van der Waals surface area (Å²) in [6, 6.07) is 7.02. The van der Waals surface area contributed by atoms with E-state index in [0.29, 0.717) is 19.1 Å². The molecule has 6 heteroatoms. The molecule has 24 heavy (non-hydrogen) atoms. The SMILES string of the molecule is COc1ccc(CNC(=O)[C@H](COCC2CCCCC2)NCl)cc1. The molecule has 0 saturated heterocycles. The predicted octanol–water partition coefficient (Wildman–Crippen LogP) is 3.02. The number of hydrogen-bond donors (Lipinski definition) is 2. The molecule has 0 radical (unpaired) electrons. The Labute approximate surface area is 149 Å². The van der Waals surface area contributed by atoms with E-state index < -0.39 is 6.04 Å². The first-order valence-electron chi connectivity index (χ1n) is 8.57. The molecule has 0 bridgehead atoms. The molecule has 2 N–H and O–H groups in total. The number of halogens is 1. The van der Waals surface area contributed by atoms with Gasteiger partial charge >= 0.3 is 0 Å². The second kappa shape index (κ2) is 10.5. The van der Waals surface area contributed by atoms with Gasteiger partial charge in [-0.1, -0.05) is 31.4 Å². The molecule has 1 aliphatic rings. The maximum absolute atomic E-state index is 12.2. The average Bonchev–Trinajstić information content (AvgIpc) is 2.64. The van der Waals surface area contributed by atoms with Gasteiger partial charge in [-0.3, -0.25) is 4.79 Å². The molecule has 1 saturated carbocycles. The van der Waals surface area contributed by atoms with E-state index in [1.807, 2.05) is 24.3 Å². The summed E-state index contributed by atoms with van der Waals surface area (Å²) in [5, 5.41) is 2.87. The lowest BCUT2D eigenvalue weighted by atomic mass is 9.90. The molecule has 0 aromatic heterocycles. The Morgan fingerprint density at radius 3 is 2.58 bits per heavy atom. The second-order valence-corrected chi connectivity index (χ2v) is 6.49. The number of benzene rings is 1. The van der Waals surface area contributed by atoms with Gasteiger partial charge in [0.1, 0.15) is 11.8 Å². The molecule has 134 valence electrons. The van der Waals surface area contributed by atoms with Crippen molar-refractivity contribution in [1.82, 2.24) is 10.2 Å². The van der Waals surface area contributed by atoms with E-state index in [1.54, 1.807) is 7.11 Å². The standard InChI is InChI=1S/C18H27ClN2O3/c1-23-16-9-7-14(8-10-16)11-20-18(22)17(21-19)13-24-12-15-5-3-2-4-6-15/h7-10,15,17,21H,2-6,11-13H2,1H3,(H,20,22)/t17-/m0/s1. The summed E-state index contributed by atoms with van der Waals surface area (Å²) in [5.41, 5.74) is 1.00. The van der Waals surface area contributed by atoms with Crippen molar-refractivity contribution in [3.8, 4) is 5.75 Å². The average molecular weight is 355 g/mol. The third-order valence-electron chi connectivity index (χ3n) is 4.44.